The van der Waals surface area contributed by atoms with E-state index in [0.717, 1.165) is 23.4 Å². The molecule has 0 unspecified atom stereocenters. The number of ether oxygens (including phenoxy) is 1. The minimum atomic E-state index is 0.780. The quantitative estimate of drug-likeness (QED) is 0.783. The van der Waals surface area contributed by atoms with Crippen LogP contribution >= 0.6 is 15.9 Å². The standard InChI is InChI=1S/C18H22BrNO/c19-17-7-5-16-14-18(8-6-15(16)13-17)21-12-11-20-9-3-1-2-4-10-20/h5-8,13-14H,1-4,9-12H2. The maximum absolute atomic E-state index is 5.93. The maximum atomic E-state index is 5.93. The molecule has 1 aliphatic rings. The fraction of sp³-hybridized carbons (Fsp3) is 0.444. The Labute approximate surface area is 135 Å². The lowest BCUT2D eigenvalue weighted by Gasteiger charge is -2.19. The number of nitrogens with zero attached hydrogens (tertiary/aromatic N) is 1. The molecule has 0 N–H and O–H groups in total. The van der Waals surface area contributed by atoms with Gasteiger partial charge in [0.15, 0.2) is 0 Å². The molecule has 0 bridgehead atoms. The van der Waals surface area contributed by atoms with E-state index in [0.29, 0.717) is 0 Å². The summed E-state index contributed by atoms with van der Waals surface area (Å²) in [6.45, 7) is 4.28. The van der Waals surface area contributed by atoms with Gasteiger partial charge in [0.1, 0.15) is 12.4 Å². The number of rotatable bonds is 4. The van der Waals surface area contributed by atoms with Crippen LogP contribution in [0.4, 0.5) is 0 Å². The molecule has 3 rings (SSSR count). The number of likely N-dealkylation sites (tertiary alicyclic amines) is 1. The zero-order chi connectivity index (χ0) is 14.5. The Morgan fingerprint density at radius 2 is 1.62 bits per heavy atom. The van der Waals surface area contributed by atoms with E-state index < -0.39 is 0 Å². The summed E-state index contributed by atoms with van der Waals surface area (Å²) in [4.78, 5) is 2.53. The van der Waals surface area contributed by atoms with Gasteiger partial charge in [-0.15, -0.1) is 0 Å². The largest absolute Gasteiger partial charge is 0.492 e. The van der Waals surface area contributed by atoms with Crippen LogP contribution in [0.1, 0.15) is 25.7 Å². The number of halogens is 1. The van der Waals surface area contributed by atoms with E-state index in [4.69, 9.17) is 4.74 Å². The summed E-state index contributed by atoms with van der Waals surface area (Å²) in [7, 11) is 0. The molecular formula is C18H22BrNO. The second-order valence-corrected chi connectivity index (χ2v) is 6.67. The summed E-state index contributed by atoms with van der Waals surface area (Å²) in [6.07, 6.45) is 5.45. The Morgan fingerprint density at radius 1 is 0.905 bits per heavy atom. The molecule has 0 saturated carbocycles. The third kappa shape index (κ3) is 4.21. The molecule has 0 spiro atoms. The number of hydrogen-bond donors (Lipinski definition) is 0. The molecule has 2 nitrogen and oxygen atoms in total. The second-order valence-electron chi connectivity index (χ2n) is 5.76. The van der Waals surface area contributed by atoms with E-state index in [1.807, 2.05) is 0 Å². The van der Waals surface area contributed by atoms with Crippen LogP contribution in [0, 0.1) is 0 Å². The van der Waals surface area contributed by atoms with E-state index in [2.05, 4.69) is 57.2 Å². The minimum absolute atomic E-state index is 0.780. The third-order valence-corrected chi connectivity index (χ3v) is 4.64. The molecule has 2 aromatic rings. The highest BCUT2D eigenvalue weighted by atomic mass is 79.9. The van der Waals surface area contributed by atoms with Crippen molar-refractivity contribution in [3.05, 3.63) is 40.9 Å². The van der Waals surface area contributed by atoms with Gasteiger partial charge in [0.2, 0.25) is 0 Å². The molecule has 0 aromatic heterocycles. The fourth-order valence-corrected chi connectivity index (χ4v) is 3.32. The van der Waals surface area contributed by atoms with Crippen molar-refractivity contribution in [2.24, 2.45) is 0 Å². The van der Waals surface area contributed by atoms with E-state index in [9.17, 15) is 0 Å². The highest BCUT2D eigenvalue weighted by molar-refractivity contribution is 9.10. The van der Waals surface area contributed by atoms with Gasteiger partial charge >= 0.3 is 0 Å². The van der Waals surface area contributed by atoms with Gasteiger partial charge in [-0.05, 0) is 61.0 Å². The molecule has 1 fully saturated rings. The Balaban J connectivity index is 1.56. The molecule has 0 aliphatic carbocycles. The predicted octanol–water partition coefficient (Wildman–Crippen LogP) is 4.86. The van der Waals surface area contributed by atoms with Crippen molar-refractivity contribution in [3.63, 3.8) is 0 Å². The molecule has 1 heterocycles. The van der Waals surface area contributed by atoms with Crippen molar-refractivity contribution >= 4 is 26.7 Å². The minimum Gasteiger partial charge on any atom is -0.492 e. The molecule has 21 heavy (non-hydrogen) atoms. The summed E-state index contributed by atoms with van der Waals surface area (Å²) in [5, 5.41) is 2.47. The molecule has 1 saturated heterocycles. The molecular weight excluding hydrogens is 326 g/mol. The van der Waals surface area contributed by atoms with E-state index in [-0.39, 0.29) is 0 Å². The highest BCUT2D eigenvalue weighted by Crippen LogP contribution is 2.24. The Kier molecular flexibility index (Phi) is 5.15. The van der Waals surface area contributed by atoms with Gasteiger partial charge in [-0.1, -0.05) is 40.9 Å². The lowest BCUT2D eigenvalue weighted by molar-refractivity contribution is 0.214. The van der Waals surface area contributed by atoms with Crippen molar-refractivity contribution in [1.29, 1.82) is 0 Å². The topological polar surface area (TPSA) is 12.5 Å². The van der Waals surface area contributed by atoms with Crippen LogP contribution in [0.25, 0.3) is 10.8 Å². The third-order valence-electron chi connectivity index (χ3n) is 4.15. The number of benzene rings is 2. The van der Waals surface area contributed by atoms with Crippen LogP contribution in [0.5, 0.6) is 5.75 Å². The Hall–Kier alpha value is -1.06. The lowest BCUT2D eigenvalue weighted by atomic mass is 10.1. The van der Waals surface area contributed by atoms with Crippen molar-refractivity contribution < 1.29 is 4.74 Å². The molecule has 1 aliphatic heterocycles. The van der Waals surface area contributed by atoms with Crippen molar-refractivity contribution in [1.82, 2.24) is 4.90 Å². The van der Waals surface area contributed by atoms with E-state index >= 15 is 0 Å². The van der Waals surface area contributed by atoms with Gasteiger partial charge in [-0.3, -0.25) is 4.90 Å². The van der Waals surface area contributed by atoms with Crippen LogP contribution in [-0.2, 0) is 0 Å². The van der Waals surface area contributed by atoms with Crippen LogP contribution < -0.4 is 4.74 Å². The molecule has 2 aromatic carbocycles. The fourth-order valence-electron chi connectivity index (χ4n) is 2.94. The smallest absolute Gasteiger partial charge is 0.120 e. The van der Waals surface area contributed by atoms with E-state index in [1.54, 1.807) is 0 Å². The zero-order valence-corrected chi connectivity index (χ0v) is 13.9. The van der Waals surface area contributed by atoms with Gasteiger partial charge in [-0.2, -0.15) is 0 Å². The number of hydrogen-bond acceptors (Lipinski definition) is 2. The van der Waals surface area contributed by atoms with Gasteiger partial charge < -0.3 is 4.74 Å². The molecule has 0 atom stereocenters. The van der Waals surface area contributed by atoms with Crippen LogP contribution in [0.15, 0.2) is 40.9 Å². The predicted molar refractivity (Wildman–Crippen MR) is 92.1 cm³/mol. The average molecular weight is 348 g/mol. The summed E-state index contributed by atoms with van der Waals surface area (Å²) in [5.74, 6) is 0.972. The van der Waals surface area contributed by atoms with Gasteiger partial charge in [-0.25, -0.2) is 0 Å². The van der Waals surface area contributed by atoms with Crippen molar-refractivity contribution in [2.75, 3.05) is 26.2 Å². The van der Waals surface area contributed by atoms with Crippen LogP contribution in [0.3, 0.4) is 0 Å². The second kappa shape index (κ2) is 7.28. The van der Waals surface area contributed by atoms with Gasteiger partial charge in [0.25, 0.3) is 0 Å². The highest BCUT2D eigenvalue weighted by Gasteiger charge is 2.08. The van der Waals surface area contributed by atoms with E-state index in [1.165, 1.54) is 49.5 Å². The monoisotopic (exact) mass is 347 g/mol. The molecule has 3 heteroatoms. The van der Waals surface area contributed by atoms with Crippen LogP contribution in [0.2, 0.25) is 0 Å². The lowest BCUT2D eigenvalue weighted by Crippen LogP contribution is -2.29. The number of fused-ring (bicyclic) bond motifs is 1. The molecule has 0 radical (unpaired) electrons. The average Bonchev–Trinajstić information content (AvgIpc) is 2.76. The summed E-state index contributed by atoms with van der Waals surface area (Å²) in [6, 6.07) is 12.7. The van der Waals surface area contributed by atoms with Gasteiger partial charge in [0, 0.05) is 11.0 Å². The SMILES string of the molecule is Brc1ccc2cc(OCCN3CCCCCC3)ccc2c1. The summed E-state index contributed by atoms with van der Waals surface area (Å²) in [5.41, 5.74) is 0. The van der Waals surface area contributed by atoms with Gasteiger partial charge in [0.05, 0.1) is 0 Å². The summed E-state index contributed by atoms with van der Waals surface area (Å²) >= 11 is 3.51. The molecule has 112 valence electrons. The first-order valence-corrected chi connectivity index (χ1v) is 8.65. The van der Waals surface area contributed by atoms with Crippen molar-refractivity contribution in [2.45, 2.75) is 25.7 Å². The Morgan fingerprint density at radius 3 is 2.43 bits per heavy atom. The maximum Gasteiger partial charge on any atom is 0.120 e. The summed E-state index contributed by atoms with van der Waals surface area (Å²) < 4.78 is 7.05. The molecule has 0 amide bonds. The first-order valence-electron chi connectivity index (χ1n) is 7.86. The van der Waals surface area contributed by atoms with Crippen LogP contribution in [-0.4, -0.2) is 31.1 Å². The Bertz CT molecular complexity index is 591. The zero-order valence-electron chi connectivity index (χ0n) is 12.4. The first-order chi connectivity index (χ1) is 10.3. The normalized spacial score (nSPS) is 16.8. The van der Waals surface area contributed by atoms with Crippen molar-refractivity contribution in [3.8, 4) is 5.75 Å². The first kappa shape index (κ1) is 14.9.